The van der Waals surface area contributed by atoms with Crippen molar-refractivity contribution in [3.8, 4) is 11.5 Å². The number of methoxy groups -OCH3 is 2. The highest BCUT2D eigenvalue weighted by Gasteiger charge is 2.23. The van der Waals surface area contributed by atoms with E-state index in [0.717, 1.165) is 4.31 Å². The molecule has 3 aromatic rings. The topological polar surface area (TPSA) is 84.9 Å². The van der Waals surface area contributed by atoms with Crippen molar-refractivity contribution in [1.82, 2.24) is 5.32 Å². The van der Waals surface area contributed by atoms with Crippen LogP contribution >= 0.6 is 23.4 Å². The molecule has 0 spiro atoms. The van der Waals surface area contributed by atoms with Crippen LogP contribution in [-0.4, -0.2) is 47.9 Å². The Morgan fingerprint density at radius 1 is 1.06 bits per heavy atom. The van der Waals surface area contributed by atoms with E-state index in [1.165, 1.54) is 57.3 Å². The summed E-state index contributed by atoms with van der Waals surface area (Å²) in [6, 6.07) is 15.1. The van der Waals surface area contributed by atoms with Crippen LogP contribution in [0.4, 0.5) is 10.1 Å². The first-order chi connectivity index (χ1) is 17.2. The number of amides is 1. The van der Waals surface area contributed by atoms with Gasteiger partial charge in [0.15, 0.2) is 11.5 Å². The molecule has 0 radical (unpaired) electrons. The van der Waals surface area contributed by atoms with Crippen molar-refractivity contribution in [2.45, 2.75) is 10.6 Å². The van der Waals surface area contributed by atoms with Gasteiger partial charge in [0.05, 0.1) is 24.8 Å². The van der Waals surface area contributed by atoms with Crippen LogP contribution in [0.2, 0.25) is 5.02 Å². The van der Waals surface area contributed by atoms with Crippen molar-refractivity contribution in [2.75, 3.05) is 37.9 Å². The maximum atomic E-state index is 13.8. The number of nitrogens with one attached hydrogen (secondary N) is 1. The lowest BCUT2D eigenvalue weighted by Gasteiger charge is -2.20. The van der Waals surface area contributed by atoms with Gasteiger partial charge < -0.3 is 14.8 Å². The Hall–Kier alpha value is -2.95. The molecular weight excluding hydrogens is 527 g/mol. The normalized spacial score (nSPS) is 11.1. The Balaban J connectivity index is 1.57. The third-order valence-corrected chi connectivity index (χ3v) is 8.47. The molecule has 0 heterocycles. The van der Waals surface area contributed by atoms with E-state index in [4.69, 9.17) is 21.1 Å². The van der Waals surface area contributed by atoms with E-state index in [0.29, 0.717) is 51.4 Å². The Bertz CT molecular complexity index is 1300. The minimum Gasteiger partial charge on any atom is -0.493 e. The number of nitrogens with zero attached hydrogens (tertiary/aromatic N) is 1. The number of rotatable bonds is 11. The van der Waals surface area contributed by atoms with Crippen molar-refractivity contribution in [3.05, 3.63) is 82.6 Å². The molecular formula is C25H26ClFN2O5S2. The van der Waals surface area contributed by atoms with Gasteiger partial charge in [-0.2, -0.15) is 11.8 Å². The van der Waals surface area contributed by atoms with Gasteiger partial charge in [-0.1, -0.05) is 17.7 Å². The monoisotopic (exact) mass is 552 g/mol. The predicted octanol–water partition coefficient (Wildman–Crippen LogP) is 4.98. The second-order valence-electron chi connectivity index (χ2n) is 7.54. The van der Waals surface area contributed by atoms with Crippen LogP contribution in [0.15, 0.2) is 65.6 Å². The fraction of sp³-hybridized carbons (Fsp3) is 0.240. The predicted molar refractivity (Wildman–Crippen MR) is 141 cm³/mol. The van der Waals surface area contributed by atoms with Crippen LogP contribution < -0.4 is 19.1 Å². The molecule has 11 heteroatoms. The summed E-state index contributed by atoms with van der Waals surface area (Å²) in [5, 5.41) is 3.18. The minimum atomic E-state index is -3.87. The summed E-state index contributed by atoms with van der Waals surface area (Å²) in [5.74, 6) is 1.05. The number of ether oxygens (including phenoxy) is 2. The zero-order valence-electron chi connectivity index (χ0n) is 20.0. The fourth-order valence-electron chi connectivity index (χ4n) is 3.28. The van der Waals surface area contributed by atoms with Crippen molar-refractivity contribution < 1.29 is 27.1 Å². The lowest BCUT2D eigenvalue weighted by atomic mass is 10.2. The zero-order valence-corrected chi connectivity index (χ0v) is 22.3. The number of carbonyl (C=O) groups is 1. The maximum Gasteiger partial charge on any atom is 0.264 e. The van der Waals surface area contributed by atoms with Gasteiger partial charge in [-0.3, -0.25) is 9.10 Å². The van der Waals surface area contributed by atoms with Gasteiger partial charge >= 0.3 is 0 Å². The van der Waals surface area contributed by atoms with Crippen LogP contribution in [0, 0.1) is 5.82 Å². The minimum absolute atomic E-state index is 0.0404. The quantitative estimate of drug-likeness (QED) is 0.338. The van der Waals surface area contributed by atoms with Crippen LogP contribution in [0.25, 0.3) is 0 Å². The molecule has 36 heavy (non-hydrogen) atoms. The van der Waals surface area contributed by atoms with Crippen LogP contribution in [0.1, 0.15) is 15.9 Å². The number of sulfonamides is 1. The molecule has 7 nitrogen and oxygen atoms in total. The van der Waals surface area contributed by atoms with Gasteiger partial charge in [-0.25, -0.2) is 12.8 Å². The van der Waals surface area contributed by atoms with Gasteiger partial charge in [0.25, 0.3) is 15.9 Å². The van der Waals surface area contributed by atoms with Crippen molar-refractivity contribution in [1.29, 1.82) is 0 Å². The molecule has 0 atom stereocenters. The molecule has 0 aromatic heterocycles. The van der Waals surface area contributed by atoms with Crippen molar-refractivity contribution in [3.63, 3.8) is 0 Å². The maximum absolute atomic E-state index is 13.8. The Morgan fingerprint density at radius 3 is 2.39 bits per heavy atom. The fourth-order valence-corrected chi connectivity index (χ4v) is 5.69. The number of halogens is 2. The van der Waals surface area contributed by atoms with Gasteiger partial charge in [0, 0.05) is 47.3 Å². The largest absolute Gasteiger partial charge is 0.493 e. The van der Waals surface area contributed by atoms with E-state index in [1.807, 2.05) is 0 Å². The molecule has 1 amide bonds. The zero-order chi connectivity index (χ0) is 26.3. The first-order valence-corrected chi connectivity index (χ1v) is 13.8. The lowest BCUT2D eigenvalue weighted by Crippen LogP contribution is -2.27. The second-order valence-corrected chi connectivity index (χ2v) is 11.0. The number of benzene rings is 3. The van der Waals surface area contributed by atoms with Gasteiger partial charge in [-0.05, 0) is 48.5 Å². The van der Waals surface area contributed by atoms with Crippen LogP contribution in [0.5, 0.6) is 11.5 Å². The molecule has 0 aliphatic heterocycles. The lowest BCUT2D eigenvalue weighted by molar-refractivity contribution is 0.0956. The number of carbonyl (C=O) groups excluding carboxylic acids is 1. The third-order valence-electron chi connectivity index (χ3n) is 5.35. The van der Waals surface area contributed by atoms with Crippen molar-refractivity contribution >= 4 is 45.0 Å². The Morgan fingerprint density at radius 2 is 1.75 bits per heavy atom. The standard InChI is InChI=1S/C25H26ClFN2O5S2/c1-29(36(31,32)19-11-12-23(33-2)24(15-19)34-3)18-9-7-17(8-10-18)25(30)28-13-14-35-16-20-21(26)5-4-6-22(20)27/h4-12,15H,13-14,16H2,1-3H3,(H,28,30). The first-order valence-electron chi connectivity index (χ1n) is 10.8. The van der Waals surface area contributed by atoms with Gasteiger partial charge in [0.1, 0.15) is 5.82 Å². The van der Waals surface area contributed by atoms with E-state index in [-0.39, 0.29) is 16.6 Å². The SMILES string of the molecule is COc1ccc(S(=O)(=O)N(C)c2ccc(C(=O)NCCSCc3c(F)cccc3Cl)cc2)cc1OC. The first kappa shape index (κ1) is 27.6. The molecule has 3 rings (SSSR count). The number of thioether (sulfide) groups is 1. The van der Waals surface area contributed by atoms with Crippen LogP contribution in [0.3, 0.4) is 0 Å². The van der Waals surface area contributed by atoms with E-state index < -0.39 is 10.0 Å². The number of anilines is 1. The van der Waals surface area contributed by atoms with E-state index in [1.54, 1.807) is 36.4 Å². The highest BCUT2D eigenvalue weighted by Crippen LogP contribution is 2.31. The van der Waals surface area contributed by atoms with E-state index in [9.17, 15) is 17.6 Å². The average Bonchev–Trinajstić information content (AvgIpc) is 2.88. The summed E-state index contributed by atoms with van der Waals surface area (Å²) < 4.78 is 51.5. The smallest absolute Gasteiger partial charge is 0.264 e. The highest BCUT2D eigenvalue weighted by molar-refractivity contribution is 7.98. The summed E-state index contributed by atoms with van der Waals surface area (Å²) in [5.41, 5.74) is 1.22. The molecule has 1 N–H and O–H groups in total. The number of hydrogen-bond donors (Lipinski definition) is 1. The number of hydrogen-bond acceptors (Lipinski definition) is 6. The molecule has 0 fully saturated rings. The summed E-state index contributed by atoms with van der Waals surface area (Å²) in [6.07, 6.45) is 0. The summed E-state index contributed by atoms with van der Waals surface area (Å²) in [7, 11) is 0.455. The second kappa shape index (κ2) is 12.3. The molecule has 0 aliphatic rings. The van der Waals surface area contributed by atoms with Crippen molar-refractivity contribution in [2.24, 2.45) is 0 Å². The third kappa shape index (κ3) is 6.43. The summed E-state index contributed by atoms with van der Waals surface area (Å²) >= 11 is 7.48. The summed E-state index contributed by atoms with van der Waals surface area (Å²) in [6.45, 7) is 0.380. The molecule has 3 aromatic carbocycles. The van der Waals surface area contributed by atoms with E-state index in [2.05, 4.69) is 5.32 Å². The van der Waals surface area contributed by atoms with Gasteiger partial charge in [-0.15, -0.1) is 0 Å². The molecule has 0 saturated heterocycles. The highest BCUT2D eigenvalue weighted by atomic mass is 35.5. The average molecular weight is 553 g/mol. The molecule has 0 saturated carbocycles. The van der Waals surface area contributed by atoms with Gasteiger partial charge in [0.2, 0.25) is 0 Å². The molecule has 0 aliphatic carbocycles. The Labute approximate surface area is 219 Å². The van der Waals surface area contributed by atoms with E-state index >= 15 is 0 Å². The molecule has 192 valence electrons. The summed E-state index contributed by atoms with van der Waals surface area (Å²) in [4.78, 5) is 12.5. The molecule has 0 bridgehead atoms. The Kier molecular flexibility index (Phi) is 9.47. The molecule has 0 unspecified atom stereocenters. The van der Waals surface area contributed by atoms with Crippen LogP contribution in [-0.2, 0) is 15.8 Å².